The minimum absolute atomic E-state index is 0.318. The molecule has 1 N–H and O–H groups in total. The molecule has 1 aromatic rings. The van der Waals surface area contributed by atoms with Gasteiger partial charge in [-0.3, -0.25) is 14.3 Å². The van der Waals surface area contributed by atoms with Gasteiger partial charge in [-0.05, 0) is 13.8 Å². The number of hydrogen-bond acceptors (Lipinski definition) is 2. The van der Waals surface area contributed by atoms with Crippen LogP contribution >= 0.6 is 0 Å². The molecule has 1 aromatic heterocycles. The molecule has 0 saturated heterocycles. The van der Waals surface area contributed by atoms with Crippen LogP contribution in [0.15, 0.2) is 27.9 Å². The second-order valence-corrected chi connectivity index (χ2v) is 2.79. The monoisotopic (exact) mass is 180 g/mol. The summed E-state index contributed by atoms with van der Waals surface area (Å²) in [5.41, 5.74) is -0.139. The molecule has 4 heteroatoms. The van der Waals surface area contributed by atoms with Crippen LogP contribution in [0.3, 0.4) is 0 Å². The van der Waals surface area contributed by atoms with E-state index in [9.17, 15) is 9.59 Å². The first kappa shape index (κ1) is 9.51. The summed E-state index contributed by atoms with van der Waals surface area (Å²) in [4.78, 5) is 24.4. The van der Waals surface area contributed by atoms with Crippen molar-refractivity contribution in [3.05, 3.63) is 44.8 Å². The number of H-pyrrole nitrogens is 1. The van der Waals surface area contributed by atoms with E-state index >= 15 is 0 Å². The maximum Gasteiger partial charge on any atom is 0.328 e. The average molecular weight is 180 g/mol. The largest absolute Gasteiger partial charge is 0.328 e. The summed E-state index contributed by atoms with van der Waals surface area (Å²) >= 11 is 0. The second kappa shape index (κ2) is 3.89. The molecular weight excluding hydrogens is 168 g/mol. The van der Waals surface area contributed by atoms with Gasteiger partial charge in [0, 0.05) is 18.3 Å². The smallest absolute Gasteiger partial charge is 0.297 e. The van der Waals surface area contributed by atoms with Gasteiger partial charge in [0.2, 0.25) is 0 Å². The maximum absolute atomic E-state index is 11.2. The van der Waals surface area contributed by atoms with Crippen molar-refractivity contribution < 1.29 is 0 Å². The highest BCUT2D eigenvalue weighted by atomic mass is 16.2. The van der Waals surface area contributed by atoms with Crippen molar-refractivity contribution in [1.29, 1.82) is 0 Å². The Labute approximate surface area is 75.5 Å². The fourth-order valence-corrected chi connectivity index (χ4v) is 0.973. The molecule has 0 aliphatic rings. The molecule has 0 aliphatic heterocycles. The highest BCUT2D eigenvalue weighted by molar-refractivity contribution is 5.01. The number of nitrogens with one attached hydrogen (secondary N) is 1. The summed E-state index contributed by atoms with van der Waals surface area (Å²) < 4.78 is 1.46. The van der Waals surface area contributed by atoms with E-state index in [1.54, 1.807) is 13.1 Å². The summed E-state index contributed by atoms with van der Waals surface area (Å²) in [6, 6.07) is 0. The summed E-state index contributed by atoms with van der Waals surface area (Å²) in [5.74, 6) is 0. The molecule has 0 saturated carbocycles. The Kier molecular flexibility index (Phi) is 2.84. The predicted molar refractivity (Wildman–Crippen MR) is 50.9 cm³/mol. The zero-order valence-corrected chi connectivity index (χ0v) is 7.70. The number of aryl methyl sites for hydroxylation is 1. The van der Waals surface area contributed by atoms with Crippen LogP contribution in [0, 0.1) is 6.92 Å². The van der Waals surface area contributed by atoms with Crippen molar-refractivity contribution in [2.24, 2.45) is 0 Å². The quantitative estimate of drug-likeness (QED) is 0.670. The van der Waals surface area contributed by atoms with Crippen LogP contribution < -0.4 is 11.2 Å². The van der Waals surface area contributed by atoms with Crippen molar-refractivity contribution in [3.8, 4) is 0 Å². The molecule has 0 aromatic carbocycles. The lowest BCUT2D eigenvalue weighted by molar-refractivity contribution is 0.728. The number of aromatic amines is 1. The van der Waals surface area contributed by atoms with Crippen molar-refractivity contribution in [3.63, 3.8) is 0 Å². The number of aromatic nitrogens is 2. The number of nitrogens with zero attached hydrogens (tertiary/aromatic N) is 1. The fourth-order valence-electron chi connectivity index (χ4n) is 0.973. The molecule has 0 amide bonds. The molecule has 1 rings (SSSR count). The normalized spacial score (nSPS) is 10.9. The average Bonchev–Trinajstić information content (AvgIpc) is 2.09. The minimum Gasteiger partial charge on any atom is -0.297 e. The minimum atomic E-state index is -0.367. The first-order valence-corrected chi connectivity index (χ1v) is 4.06. The van der Waals surface area contributed by atoms with Gasteiger partial charge in [-0.15, -0.1) is 0 Å². The van der Waals surface area contributed by atoms with Crippen molar-refractivity contribution in [2.45, 2.75) is 20.4 Å². The molecule has 1 heterocycles. The van der Waals surface area contributed by atoms with Crippen LogP contribution in [0.5, 0.6) is 0 Å². The van der Waals surface area contributed by atoms with Gasteiger partial charge in [-0.2, -0.15) is 0 Å². The zero-order chi connectivity index (χ0) is 9.84. The lowest BCUT2D eigenvalue weighted by atomic mass is 10.4. The van der Waals surface area contributed by atoms with Crippen LogP contribution in [0.1, 0.15) is 12.5 Å². The highest BCUT2D eigenvalue weighted by Crippen LogP contribution is 1.84. The lowest BCUT2D eigenvalue weighted by Crippen LogP contribution is -2.30. The summed E-state index contributed by atoms with van der Waals surface area (Å²) in [5, 5.41) is 0. The van der Waals surface area contributed by atoms with E-state index in [4.69, 9.17) is 0 Å². The van der Waals surface area contributed by atoms with Crippen LogP contribution in [-0.4, -0.2) is 9.55 Å². The van der Waals surface area contributed by atoms with Gasteiger partial charge < -0.3 is 0 Å². The van der Waals surface area contributed by atoms with Gasteiger partial charge in [0.15, 0.2) is 0 Å². The maximum atomic E-state index is 11.2. The van der Waals surface area contributed by atoms with E-state index in [-0.39, 0.29) is 11.2 Å². The molecule has 0 atom stereocenters. The first-order valence-electron chi connectivity index (χ1n) is 4.06. The van der Waals surface area contributed by atoms with E-state index in [1.165, 1.54) is 4.57 Å². The zero-order valence-electron chi connectivity index (χ0n) is 7.70. The lowest BCUT2D eigenvalue weighted by Gasteiger charge is -2.00. The Bertz CT molecular complexity index is 426. The van der Waals surface area contributed by atoms with Gasteiger partial charge in [-0.1, -0.05) is 12.2 Å². The second-order valence-electron chi connectivity index (χ2n) is 2.79. The highest BCUT2D eigenvalue weighted by Gasteiger charge is 1.97. The number of rotatable bonds is 2. The molecule has 0 radical (unpaired) electrons. The van der Waals surface area contributed by atoms with Crippen LogP contribution in [-0.2, 0) is 6.54 Å². The molecule has 4 nitrogen and oxygen atoms in total. The first-order chi connectivity index (χ1) is 6.15. The number of hydrogen-bond donors (Lipinski definition) is 1. The van der Waals surface area contributed by atoms with E-state index in [0.717, 1.165) is 0 Å². The van der Waals surface area contributed by atoms with Gasteiger partial charge in [-0.25, -0.2) is 4.79 Å². The molecule has 0 unspecified atom stereocenters. The molecule has 0 spiro atoms. The van der Waals surface area contributed by atoms with Crippen molar-refractivity contribution >= 4 is 0 Å². The van der Waals surface area contributed by atoms with Gasteiger partial charge in [0.25, 0.3) is 5.56 Å². The Morgan fingerprint density at radius 1 is 1.54 bits per heavy atom. The molecule has 70 valence electrons. The van der Waals surface area contributed by atoms with Crippen molar-refractivity contribution in [2.75, 3.05) is 0 Å². The molecule has 0 aliphatic carbocycles. The molecule has 0 bridgehead atoms. The molecule has 13 heavy (non-hydrogen) atoms. The Balaban J connectivity index is 3.16. The third kappa shape index (κ3) is 2.18. The topological polar surface area (TPSA) is 54.9 Å². The van der Waals surface area contributed by atoms with E-state index < -0.39 is 0 Å². The summed E-state index contributed by atoms with van der Waals surface area (Å²) in [6.07, 6.45) is 5.26. The summed E-state index contributed by atoms with van der Waals surface area (Å²) in [7, 11) is 0. The van der Waals surface area contributed by atoms with Gasteiger partial charge in [0.1, 0.15) is 0 Å². The summed E-state index contributed by atoms with van der Waals surface area (Å²) in [6.45, 7) is 4.04. The number of allylic oxidation sites excluding steroid dienone is 2. The van der Waals surface area contributed by atoms with E-state index in [1.807, 2.05) is 19.1 Å². The Morgan fingerprint density at radius 3 is 2.85 bits per heavy atom. The third-order valence-electron chi connectivity index (χ3n) is 1.73. The Hall–Kier alpha value is -1.58. The molecular formula is C9H12N2O2. The van der Waals surface area contributed by atoms with Crippen LogP contribution in [0.4, 0.5) is 0 Å². The predicted octanol–water partition coefficient (Wildman–Crippen LogP) is 0.421. The SMILES string of the molecule is CC=CCn1cc(C)c(=O)[nH]c1=O. The standard InChI is InChI=1S/C9H12N2O2/c1-3-4-5-11-6-7(2)8(12)10-9(11)13/h3-4,6H,5H2,1-2H3,(H,10,12,13). The van der Waals surface area contributed by atoms with Crippen LogP contribution in [0.25, 0.3) is 0 Å². The van der Waals surface area contributed by atoms with Gasteiger partial charge >= 0.3 is 5.69 Å². The van der Waals surface area contributed by atoms with E-state index in [2.05, 4.69) is 4.98 Å². The Morgan fingerprint density at radius 2 is 2.23 bits per heavy atom. The fraction of sp³-hybridized carbons (Fsp3) is 0.333. The molecule has 0 fully saturated rings. The van der Waals surface area contributed by atoms with Crippen LogP contribution in [0.2, 0.25) is 0 Å². The third-order valence-corrected chi connectivity index (χ3v) is 1.73. The van der Waals surface area contributed by atoms with Gasteiger partial charge in [0.05, 0.1) is 0 Å². The van der Waals surface area contributed by atoms with Crippen molar-refractivity contribution in [1.82, 2.24) is 9.55 Å². The van der Waals surface area contributed by atoms with E-state index in [0.29, 0.717) is 12.1 Å².